The fraction of sp³-hybridized carbons (Fsp3) is 0.333. The number of aromatic nitrogens is 1. The average Bonchev–Trinajstić information content (AvgIpc) is 2.62. The summed E-state index contributed by atoms with van der Waals surface area (Å²) in [5, 5.41) is 2.69. The number of carbonyl (C=O) groups is 1. The number of pyridine rings is 1. The van der Waals surface area contributed by atoms with Gasteiger partial charge in [-0.2, -0.15) is 13.2 Å². The molecule has 0 spiro atoms. The fourth-order valence-corrected chi connectivity index (χ4v) is 2.90. The number of anilines is 2. The van der Waals surface area contributed by atoms with Crippen molar-refractivity contribution in [2.75, 3.05) is 23.3 Å². The van der Waals surface area contributed by atoms with E-state index in [9.17, 15) is 18.0 Å². The lowest BCUT2D eigenvalue weighted by atomic mass is 10.1. The topological polar surface area (TPSA) is 45.2 Å². The Morgan fingerprint density at radius 3 is 2.44 bits per heavy atom. The van der Waals surface area contributed by atoms with Crippen LogP contribution in [0.15, 0.2) is 42.5 Å². The molecule has 4 nitrogen and oxygen atoms in total. The number of rotatable bonds is 3. The van der Waals surface area contributed by atoms with Gasteiger partial charge in [-0.15, -0.1) is 0 Å². The molecule has 1 aromatic heterocycles. The summed E-state index contributed by atoms with van der Waals surface area (Å²) in [6.07, 6.45) is -1.24. The number of amides is 1. The Morgan fingerprint density at radius 1 is 1.00 bits per heavy atom. The highest BCUT2D eigenvalue weighted by molar-refractivity contribution is 6.04. The molecule has 132 valence electrons. The minimum Gasteiger partial charge on any atom is -0.370 e. The summed E-state index contributed by atoms with van der Waals surface area (Å²) < 4.78 is 38.3. The van der Waals surface area contributed by atoms with E-state index in [0.29, 0.717) is 5.69 Å². The second kappa shape index (κ2) is 7.13. The lowest BCUT2D eigenvalue weighted by Gasteiger charge is -2.30. The third-order valence-electron chi connectivity index (χ3n) is 4.12. The van der Waals surface area contributed by atoms with Crippen molar-refractivity contribution in [3.05, 3.63) is 53.9 Å². The van der Waals surface area contributed by atoms with E-state index < -0.39 is 17.8 Å². The maximum absolute atomic E-state index is 12.8. The van der Waals surface area contributed by atoms with Crippen LogP contribution in [0.5, 0.6) is 0 Å². The van der Waals surface area contributed by atoms with E-state index in [1.807, 2.05) is 12.1 Å². The van der Waals surface area contributed by atoms with Gasteiger partial charge >= 0.3 is 6.18 Å². The smallest absolute Gasteiger partial charge is 0.370 e. The highest BCUT2D eigenvalue weighted by Crippen LogP contribution is 2.29. The molecular formula is C18H18F3N3O. The van der Waals surface area contributed by atoms with Gasteiger partial charge in [0.2, 0.25) is 0 Å². The summed E-state index contributed by atoms with van der Waals surface area (Å²) in [7, 11) is 0. The molecule has 1 aliphatic rings. The molecule has 1 aromatic carbocycles. The SMILES string of the molecule is O=C(Nc1ccccc1N1CCCCC1)c1cccc(C(F)(F)F)n1. The molecule has 2 aromatic rings. The number of alkyl halides is 3. The maximum atomic E-state index is 12.8. The Labute approximate surface area is 143 Å². The Kier molecular flexibility index (Phi) is 4.92. The van der Waals surface area contributed by atoms with Crippen LogP contribution in [0.2, 0.25) is 0 Å². The summed E-state index contributed by atoms with van der Waals surface area (Å²) in [6, 6.07) is 10.6. The molecule has 1 N–H and O–H groups in total. The summed E-state index contributed by atoms with van der Waals surface area (Å²) in [5.74, 6) is -0.657. The predicted molar refractivity (Wildman–Crippen MR) is 89.7 cm³/mol. The molecule has 0 atom stereocenters. The third-order valence-corrected chi connectivity index (χ3v) is 4.12. The minimum absolute atomic E-state index is 0.261. The van der Waals surface area contributed by atoms with Gasteiger partial charge in [0.15, 0.2) is 0 Å². The van der Waals surface area contributed by atoms with Gasteiger partial charge < -0.3 is 10.2 Å². The molecule has 0 bridgehead atoms. The zero-order valence-electron chi connectivity index (χ0n) is 13.5. The Hall–Kier alpha value is -2.57. The Balaban J connectivity index is 1.82. The van der Waals surface area contributed by atoms with Crippen LogP contribution in [0.3, 0.4) is 0 Å². The molecule has 0 saturated carbocycles. The van der Waals surface area contributed by atoms with Crippen LogP contribution < -0.4 is 10.2 Å². The van der Waals surface area contributed by atoms with E-state index in [0.717, 1.165) is 37.7 Å². The first-order valence-electron chi connectivity index (χ1n) is 8.15. The first kappa shape index (κ1) is 17.3. The number of para-hydroxylation sites is 2. The number of hydrogen-bond acceptors (Lipinski definition) is 3. The summed E-state index contributed by atoms with van der Waals surface area (Å²) in [5.41, 5.74) is 0.115. The average molecular weight is 349 g/mol. The standard InChI is InChI=1S/C18H18F3N3O/c19-18(20,21)16-10-6-8-14(22-16)17(25)23-13-7-2-3-9-15(13)24-11-4-1-5-12-24/h2-3,6-10H,1,4-5,11-12H2,(H,23,25). The zero-order chi connectivity index (χ0) is 17.9. The number of piperidine rings is 1. The summed E-state index contributed by atoms with van der Waals surface area (Å²) in [6.45, 7) is 1.80. The molecule has 0 radical (unpaired) electrons. The van der Waals surface area contributed by atoms with E-state index in [1.165, 1.54) is 18.6 Å². The highest BCUT2D eigenvalue weighted by Gasteiger charge is 2.33. The first-order valence-corrected chi connectivity index (χ1v) is 8.15. The lowest BCUT2D eigenvalue weighted by Crippen LogP contribution is -2.30. The molecule has 0 unspecified atom stereocenters. The van der Waals surface area contributed by atoms with E-state index in [4.69, 9.17) is 0 Å². The fourth-order valence-electron chi connectivity index (χ4n) is 2.90. The van der Waals surface area contributed by atoms with E-state index in [2.05, 4.69) is 15.2 Å². The van der Waals surface area contributed by atoms with Crippen molar-refractivity contribution >= 4 is 17.3 Å². The van der Waals surface area contributed by atoms with Crippen molar-refractivity contribution < 1.29 is 18.0 Å². The van der Waals surface area contributed by atoms with E-state index >= 15 is 0 Å². The number of hydrogen-bond donors (Lipinski definition) is 1. The molecule has 1 saturated heterocycles. The Bertz CT molecular complexity index is 755. The normalized spacial score (nSPS) is 15.1. The van der Waals surface area contributed by atoms with Crippen molar-refractivity contribution in [1.29, 1.82) is 0 Å². The van der Waals surface area contributed by atoms with Gasteiger partial charge in [0.25, 0.3) is 5.91 Å². The van der Waals surface area contributed by atoms with Crippen LogP contribution in [0.4, 0.5) is 24.5 Å². The van der Waals surface area contributed by atoms with Crippen LogP contribution in [0.25, 0.3) is 0 Å². The first-order chi connectivity index (χ1) is 11.9. The number of nitrogens with zero attached hydrogens (tertiary/aromatic N) is 2. The van der Waals surface area contributed by atoms with Crippen LogP contribution in [-0.4, -0.2) is 24.0 Å². The van der Waals surface area contributed by atoms with Gasteiger partial charge in [0, 0.05) is 13.1 Å². The minimum atomic E-state index is -4.58. The van der Waals surface area contributed by atoms with Crippen molar-refractivity contribution in [2.45, 2.75) is 25.4 Å². The van der Waals surface area contributed by atoms with Gasteiger partial charge in [-0.3, -0.25) is 4.79 Å². The number of benzene rings is 1. The molecule has 1 aliphatic heterocycles. The molecule has 25 heavy (non-hydrogen) atoms. The molecule has 7 heteroatoms. The maximum Gasteiger partial charge on any atom is 0.433 e. The van der Waals surface area contributed by atoms with Gasteiger partial charge in [0.05, 0.1) is 11.4 Å². The molecule has 1 amide bonds. The molecule has 2 heterocycles. The van der Waals surface area contributed by atoms with Crippen LogP contribution in [0.1, 0.15) is 35.4 Å². The van der Waals surface area contributed by atoms with Crippen LogP contribution in [-0.2, 0) is 6.18 Å². The quantitative estimate of drug-likeness (QED) is 0.896. The number of nitrogens with one attached hydrogen (secondary N) is 1. The second-order valence-corrected chi connectivity index (χ2v) is 5.92. The summed E-state index contributed by atoms with van der Waals surface area (Å²) in [4.78, 5) is 18.0. The van der Waals surface area contributed by atoms with Gasteiger partial charge in [0.1, 0.15) is 11.4 Å². The van der Waals surface area contributed by atoms with Crippen molar-refractivity contribution in [2.24, 2.45) is 0 Å². The molecule has 1 fully saturated rings. The summed E-state index contributed by atoms with van der Waals surface area (Å²) >= 11 is 0. The monoisotopic (exact) mass is 349 g/mol. The predicted octanol–water partition coefficient (Wildman–Crippen LogP) is 4.34. The number of carbonyl (C=O) groups excluding carboxylic acids is 1. The van der Waals surface area contributed by atoms with Gasteiger partial charge in [-0.1, -0.05) is 18.2 Å². The van der Waals surface area contributed by atoms with Crippen LogP contribution in [0, 0.1) is 0 Å². The van der Waals surface area contributed by atoms with Crippen LogP contribution >= 0.6 is 0 Å². The van der Waals surface area contributed by atoms with Crippen molar-refractivity contribution in [3.63, 3.8) is 0 Å². The van der Waals surface area contributed by atoms with Gasteiger partial charge in [-0.05, 0) is 43.5 Å². The van der Waals surface area contributed by atoms with E-state index in [-0.39, 0.29) is 5.69 Å². The van der Waals surface area contributed by atoms with Gasteiger partial charge in [-0.25, -0.2) is 4.98 Å². The molecular weight excluding hydrogens is 331 g/mol. The second-order valence-electron chi connectivity index (χ2n) is 5.92. The molecule has 3 rings (SSSR count). The van der Waals surface area contributed by atoms with Crippen molar-refractivity contribution in [1.82, 2.24) is 4.98 Å². The third kappa shape index (κ3) is 4.10. The highest BCUT2D eigenvalue weighted by atomic mass is 19.4. The Morgan fingerprint density at radius 2 is 1.72 bits per heavy atom. The molecule has 0 aliphatic carbocycles. The largest absolute Gasteiger partial charge is 0.433 e. The zero-order valence-corrected chi connectivity index (χ0v) is 13.5. The van der Waals surface area contributed by atoms with E-state index in [1.54, 1.807) is 12.1 Å². The number of halogens is 3. The lowest BCUT2D eigenvalue weighted by molar-refractivity contribution is -0.141. The van der Waals surface area contributed by atoms with Crippen molar-refractivity contribution in [3.8, 4) is 0 Å².